The summed E-state index contributed by atoms with van der Waals surface area (Å²) in [5, 5.41) is 6.16. The molecule has 0 saturated carbocycles. The first kappa shape index (κ1) is 21.0. The molecule has 1 aromatic heterocycles. The van der Waals surface area contributed by atoms with Crippen LogP contribution in [0.3, 0.4) is 0 Å². The maximum absolute atomic E-state index is 12.0. The molecule has 2 rings (SSSR count). The summed E-state index contributed by atoms with van der Waals surface area (Å²) in [6, 6.07) is 9.71. The summed E-state index contributed by atoms with van der Waals surface area (Å²) in [5.41, 5.74) is 2.86. The van der Waals surface area contributed by atoms with Gasteiger partial charge < -0.3 is 20.1 Å². The van der Waals surface area contributed by atoms with Gasteiger partial charge in [-0.05, 0) is 53.5 Å². The highest BCUT2D eigenvalue weighted by molar-refractivity contribution is 9.10. The van der Waals surface area contributed by atoms with Crippen LogP contribution in [-0.2, 0) is 20.1 Å². The summed E-state index contributed by atoms with van der Waals surface area (Å²) in [7, 11) is 4.05. The third-order valence-corrected chi connectivity index (χ3v) is 4.54. The number of aliphatic imine (C=N–C) groups is 1. The van der Waals surface area contributed by atoms with Gasteiger partial charge in [-0.3, -0.25) is 4.79 Å². The Labute approximate surface area is 169 Å². The summed E-state index contributed by atoms with van der Waals surface area (Å²) in [6.45, 7) is 6.63. The van der Waals surface area contributed by atoms with Crippen molar-refractivity contribution in [1.29, 1.82) is 0 Å². The second-order valence-electron chi connectivity index (χ2n) is 6.35. The quantitative estimate of drug-likeness (QED) is 0.520. The zero-order valence-electron chi connectivity index (χ0n) is 16.4. The number of aryl methyl sites for hydroxylation is 1. The molecule has 27 heavy (non-hydrogen) atoms. The van der Waals surface area contributed by atoms with Crippen LogP contribution >= 0.6 is 15.9 Å². The van der Waals surface area contributed by atoms with Gasteiger partial charge in [-0.1, -0.05) is 12.1 Å². The zero-order chi connectivity index (χ0) is 19.8. The molecule has 1 aromatic carbocycles. The Morgan fingerprint density at radius 1 is 1.22 bits per heavy atom. The van der Waals surface area contributed by atoms with Crippen LogP contribution < -0.4 is 10.6 Å². The number of amides is 1. The molecule has 0 unspecified atom stereocenters. The van der Waals surface area contributed by atoms with E-state index in [1.54, 1.807) is 0 Å². The van der Waals surface area contributed by atoms with Gasteiger partial charge in [0, 0.05) is 49.1 Å². The average Bonchev–Trinajstić information content (AvgIpc) is 2.96. The van der Waals surface area contributed by atoms with E-state index in [2.05, 4.69) is 49.0 Å². The van der Waals surface area contributed by atoms with Gasteiger partial charge >= 0.3 is 0 Å². The third-order valence-electron chi connectivity index (χ3n) is 4.11. The fourth-order valence-electron chi connectivity index (χ4n) is 2.75. The third kappa shape index (κ3) is 6.13. The van der Waals surface area contributed by atoms with Crippen molar-refractivity contribution >= 4 is 27.8 Å². The van der Waals surface area contributed by atoms with Crippen molar-refractivity contribution in [2.75, 3.05) is 20.1 Å². The Morgan fingerprint density at radius 3 is 2.59 bits per heavy atom. The van der Waals surface area contributed by atoms with E-state index >= 15 is 0 Å². The van der Waals surface area contributed by atoms with Crippen LogP contribution in [0.4, 0.5) is 0 Å². The molecule has 0 aliphatic heterocycles. The molecule has 1 heterocycles. The molecule has 1 amide bonds. The van der Waals surface area contributed by atoms with Gasteiger partial charge in [0.15, 0.2) is 5.96 Å². The minimum absolute atomic E-state index is 0.0540. The highest BCUT2D eigenvalue weighted by atomic mass is 79.9. The summed E-state index contributed by atoms with van der Waals surface area (Å²) in [4.78, 5) is 18.8. The molecular formula is C20H28BrN5O. The van der Waals surface area contributed by atoms with E-state index in [-0.39, 0.29) is 5.91 Å². The molecule has 0 radical (unpaired) electrons. The predicted octanol–water partition coefficient (Wildman–Crippen LogP) is 3.13. The van der Waals surface area contributed by atoms with E-state index in [0.29, 0.717) is 18.7 Å². The number of hydrogen-bond acceptors (Lipinski definition) is 2. The fraction of sp³-hybridized carbons (Fsp3) is 0.400. The normalized spacial score (nSPS) is 11.4. The second kappa shape index (κ2) is 10.2. The zero-order valence-corrected chi connectivity index (χ0v) is 18.0. The van der Waals surface area contributed by atoms with Gasteiger partial charge in [0.2, 0.25) is 0 Å². The van der Waals surface area contributed by atoms with E-state index in [0.717, 1.165) is 29.1 Å². The maximum atomic E-state index is 12.0. The number of benzene rings is 1. The van der Waals surface area contributed by atoms with Crippen molar-refractivity contribution in [2.45, 2.75) is 26.9 Å². The molecule has 7 heteroatoms. The van der Waals surface area contributed by atoms with Crippen molar-refractivity contribution in [1.82, 2.24) is 20.1 Å². The standard InChI is InChI=1S/C20H28BrN5O/c1-5-22-19(27)16-9-7-8-15(10-16)12-24-20(23-6-2)26(4)14-18-11-17(21)13-25(18)3/h7-11,13H,5-6,12,14H2,1-4H3,(H,22,27)(H,23,24). The Kier molecular flexibility index (Phi) is 7.91. The number of rotatable bonds is 7. The Balaban J connectivity index is 2.11. The van der Waals surface area contributed by atoms with Crippen LogP contribution in [0.15, 0.2) is 46.0 Å². The molecule has 2 aromatic rings. The van der Waals surface area contributed by atoms with Gasteiger partial charge in [-0.25, -0.2) is 4.99 Å². The average molecular weight is 434 g/mol. The first-order valence-corrected chi connectivity index (χ1v) is 9.91. The summed E-state index contributed by atoms with van der Waals surface area (Å²) < 4.78 is 3.16. The van der Waals surface area contributed by atoms with E-state index < -0.39 is 0 Å². The molecule has 0 fully saturated rings. The SMILES string of the molecule is CCNC(=O)c1cccc(CN=C(NCC)N(C)Cc2cc(Br)cn2C)c1. The van der Waals surface area contributed by atoms with Crippen molar-refractivity contribution < 1.29 is 4.79 Å². The lowest BCUT2D eigenvalue weighted by atomic mass is 10.1. The molecule has 0 atom stereocenters. The van der Waals surface area contributed by atoms with Gasteiger partial charge in [-0.2, -0.15) is 0 Å². The molecule has 146 valence electrons. The lowest BCUT2D eigenvalue weighted by molar-refractivity contribution is 0.0955. The van der Waals surface area contributed by atoms with Crippen LogP contribution in [0, 0.1) is 0 Å². The first-order chi connectivity index (χ1) is 12.9. The van der Waals surface area contributed by atoms with Gasteiger partial charge in [0.25, 0.3) is 5.91 Å². The number of guanidine groups is 1. The minimum atomic E-state index is -0.0540. The highest BCUT2D eigenvalue weighted by Crippen LogP contribution is 2.15. The number of nitrogens with one attached hydrogen (secondary N) is 2. The van der Waals surface area contributed by atoms with Crippen molar-refractivity contribution in [2.24, 2.45) is 12.0 Å². The molecule has 2 N–H and O–H groups in total. The van der Waals surface area contributed by atoms with Crippen molar-refractivity contribution in [3.63, 3.8) is 0 Å². The van der Waals surface area contributed by atoms with Crippen molar-refractivity contribution in [3.8, 4) is 0 Å². The summed E-state index contributed by atoms with van der Waals surface area (Å²) in [5.74, 6) is 0.778. The Morgan fingerprint density at radius 2 is 1.96 bits per heavy atom. The Bertz CT molecular complexity index is 799. The molecule has 6 nitrogen and oxygen atoms in total. The first-order valence-electron chi connectivity index (χ1n) is 9.11. The fourth-order valence-corrected chi connectivity index (χ4v) is 3.32. The van der Waals surface area contributed by atoms with Crippen LogP contribution in [0.1, 0.15) is 35.5 Å². The molecule has 0 aliphatic rings. The smallest absolute Gasteiger partial charge is 0.251 e. The lowest BCUT2D eigenvalue weighted by Gasteiger charge is -2.22. The predicted molar refractivity (Wildman–Crippen MR) is 114 cm³/mol. The number of hydrogen-bond donors (Lipinski definition) is 2. The molecular weight excluding hydrogens is 406 g/mol. The molecule has 0 spiro atoms. The van der Waals surface area contributed by atoms with E-state index in [1.165, 1.54) is 5.69 Å². The van der Waals surface area contributed by atoms with Gasteiger partial charge in [-0.15, -0.1) is 0 Å². The van der Waals surface area contributed by atoms with Gasteiger partial charge in [0.05, 0.1) is 13.1 Å². The Hall–Kier alpha value is -2.28. The topological polar surface area (TPSA) is 61.7 Å². The lowest BCUT2D eigenvalue weighted by Crippen LogP contribution is -2.38. The minimum Gasteiger partial charge on any atom is -0.357 e. The summed E-state index contributed by atoms with van der Waals surface area (Å²) >= 11 is 3.51. The van der Waals surface area contributed by atoms with E-state index in [4.69, 9.17) is 4.99 Å². The monoisotopic (exact) mass is 433 g/mol. The number of carbonyl (C=O) groups excluding carboxylic acids is 1. The number of nitrogens with zero attached hydrogens (tertiary/aromatic N) is 3. The highest BCUT2D eigenvalue weighted by Gasteiger charge is 2.10. The number of aromatic nitrogens is 1. The van der Waals surface area contributed by atoms with Crippen LogP contribution in [0.5, 0.6) is 0 Å². The summed E-state index contributed by atoms with van der Waals surface area (Å²) in [6.07, 6.45) is 2.04. The van der Waals surface area contributed by atoms with Gasteiger partial charge in [0.1, 0.15) is 0 Å². The van der Waals surface area contributed by atoms with Crippen molar-refractivity contribution in [3.05, 3.63) is 57.8 Å². The maximum Gasteiger partial charge on any atom is 0.251 e. The van der Waals surface area contributed by atoms with E-state index in [9.17, 15) is 4.79 Å². The molecule has 0 saturated heterocycles. The molecule has 0 bridgehead atoms. The van der Waals surface area contributed by atoms with Crippen LogP contribution in [-0.4, -0.2) is 41.5 Å². The van der Waals surface area contributed by atoms with Crippen LogP contribution in [0.25, 0.3) is 0 Å². The largest absolute Gasteiger partial charge is 0.357 e. The molecule has 0 aliphatic carbocycles. The second-order valence-corrected chi connectivity index (χ2v) is 7.26. The van der Waals surface area contributed by atoms with Crippen LogP contribution in [0.2, 0.25) is 0 Å². The van der Waals surface area contributed by atoms with E-state index in [1.807, 2.05) is 51.5 Å². The number of carbonyl (C=O) groups is 1. The number of halogens is 1.